The van der Waals surface area contributed by atoms with Crippen molar-refractivity contribution < 1.29 is 4.79 Å². The van der Waals surface area contributed by atoms with Crippen molar-refractivity contribution in [1.82, 2.24) is 0 Å². The van der Waals surface area contributed by atoms with E-state index in [9.17, 15) is 4.79 Å². The number of halogens is 1. The lowest BCUT2D eigenvalue weighted by molar-refractivity contribution is -0.116. The van der Waals surface area contributed by atoms with E-state index in [2.05, 4.69) is 42.0 Å². The third-order valence-corrected chi connectivity index (χ3v) is 3.84. The monoisotopic (exact) mass is 326 g/mol. The number of nitrogens with two attached hydrogens (primary N) is 1. The number of anilines is 1. The number of aryl methyl sites for hydroxylation is 1. The number of hydrogen-bond acceptors (Lipinski definition) is 2. The van der Waals surface area contributed by atoms with Gasteiger partial charge in [0.1, 0.15) is 0 Å². The molecule has 4 heteroatoms. The molecule has 1 atom stereocenters. The van der Waals surface area contributed by atoms with Gasteiger partial charge in [0, 0.05) is 16.9 Å². The average Bonchev–Trinajstić information content (AvgIpc) is 2.21. The second-order valence-electron chi connectivity index (χ2n) is 6.21. The predicted octanol–water partition coefficient (Wildman–Crippen LogP) is 3.85. The summed E-state index contributed by atoms with van der Waals surface area (Å²) in [7, 11) is 0. The van der Waals surface area contributed by atoms with E-state index in [1.807, 2.05) is 25.1 Å². The molecule has 1 aromatic rings. The Kier molecular flexibility index (Phi) is 5.56. The SMILES string of the molecule is Cc1cccc(NC(=O)CC(N)CC(C)(C)C)c1Br. The molecule has 1 unspecified atom stereocenters. The molecule has 0 heterocycles. The molecular weight excluding hydrogens is 304 g/mol. The van der Waals surface area contributed by atoms with Gasteiger partial charge in [-0.15, -0.1) is 0 Å². The lowest BCUT2D eigenvalue weighted by atomic mass is 9.87. The highest BCUT2D eigenvalue weighted by Crippen LogP contribution is 2.26. The number of benzene rings is 1. The van der Waals surface area contributed by atoms with Gasteiger partial charge in [0.25, 0.3) is 0 Å². The molecule has 0 radical (unpaired) electrons. The molecule has 0 bridgehead atoms. The molecule has 0 saturated heterocycles. The van der Waals surface area contributed by atoms with Crippen LogP contribution in [0, 0.1) is 12.3 Å². The fourth-order valence-corrected chi connectivity index (χ4v) is 2.41. The largest absolute Gasteiger partial charge is 0.327 e. The standard InChI is InChI=1S/C15H23BrN2O/c1-10-6-5-7-12(14(10)16)18-13(19)8-11(17)9-15(2,3)4/h5-7,11H,8-9,17H2,1-4H3,(H,18,19). The zero-order valence-electron chi connectivity index (χ0n) is 12.1. The summed E-state index contributed by atoms with van der Waals surface area (Å²) in [6.07, 6.45) is 1.17. The third kappa shape index (κ3) is 5.74. The smallest absolute Gasteiger partial charge is 0.225 e. The van der Waals surface area contributed by atoms with Gasteiger partial charge in [0.2, 0.25) is 5.91 Å². The molecule has 1 rings (SSSR count). The van der Waals surface area contributed by atoms with E-state index in [1.165, 1.54) is 0 Å². The molecule has 106 valence electrons. The van der Waals surface area contributed by atoms with Crippen molar-refractivity contribution in [2.24, 2.45) is 11.1 Å². The zero-order chi connectivity index (χ0) is 14.6. The quantitative estimate of drug-likeness (QED) is 0.882. The highest BCUT2D eigenvalue weighted by Gasteiger charge is 2.18. The molecule has 0 fully saturated rings. The van der Waals surface area contributed by atoms with Crippen LogP contribution in [0.5, 0.6) is 0 Å². The molecular formula is C15H23BrN2O. The number of rotatable bonds is 4. The Morgan fingerprint density at radius 2 is 2.05 bits per heavy atom. The van der Waals surface area contributed by atoms with Crippen LogP contribution in [-0.2, 0) is 4.79 Å². The van der Waals surface area contributed by atoms with Gasteiger partial charge in [-0.05, 0) is 46.3 Å². The van der Waals surface area contributed by atoms with E-state index in [-0.39, 0.29) is 17.4 Å². The van der Waals surface area contributed by atoms with Gasteiger partial charge >= 0.3 is 0 Å². The molecule has 19 heavy (non-hydrogen) atoms. The third-order valence-electron chi connectivity index (χ3n) is 2.79. The first-order valence-corrected chi connectivity index (χ1v) is 7.29. The van der Waals surface area contributed by atoms with Crippen LogP contribution in [0.3, 0.4) is 0 Å². The summed E-state index contributed by atoms with van der Waals surface area (Å²) >= 11 is 3.48. The van der Waals surface area contributed by atoms with Crippen LogP contribution in [0.1, 0.15) is 39.2 Å². The molecule has 0 aliphatic heterocycles. The van der Waals surface area contributed by atoms with Crippen LogP contribution >= 0.6 is 15.9 Å². The van der Waals surface area contributed by atoms with Gasteiger partial charge in [-0.3, -0.25) is 4.79 Å². The Bertz CT molecular complexity index is 452. The summed E-state index contributed by atoms with van der Waals surface area (Å²) in [5.74, 6) is -0.0388. The van der Waals surface area contributed by atoms with E-state index in [0.29, 0.717) is 6.42 Å². The number of carbonyl (C=O) groups is 1. The lowest BCUT2D eigenvalue weighted by Crippen LogP contribution is -2.31. The van der Waals surface area contributed by atoms with Crippen LogP contribution in [0.4, 0.5) is 5.69 Å². The molecule has 0 aromatic heterocycles. The van der Waals surface area contributed by atoms with Crippen molar-refractivity contribution in [2.75, 3.05) is 5.32 Å². The van der Waals surface area contributed by atoms with Crippen LogP contribution in [0.25, 0.3) is 0 Å². The van der Waals surface area contributed by atoms with E-state index < -0.39 is 0 Å². The Labute approximate surface area is 124 Å². The average molecular weight is 327 g/mol. The second-order valence-corrected chi connectivity index (χ2v) is 7.01. The van der Waals surface area contributed by atoms with Crippen LogP contribution < -0.4 is 11.1 Å². The van der Waals surface area contributed by atoms with Crippen molar-refractivity contribution in [2.45, 2.75) is 46.6 Å². The van der Waals surface area contributed by atoms with Gasteiger partial charge in [-0.2, -0.15) is 0 Å². The highest BCUT2D eigenvalue weighted by molar-refractivity contribution is 9.10. The fourth-order valence-electron chi connectivity index (χ4n) is 2.04. The Morgan fingerprint density at radius 1 is 1.42 bits per heavy atom. The Morgan fingerprint density at radius 3 is 2.63 bits per heavy atom. The van der Waals surface area contributed by atoms with Crippen molar-refractivity contribution in [3.63, 3.8) is 0 Å². The summed E-state index contributed by atoms with van der Waals surface area (Å²) in [4.78, 5) is 12.0. The molecule has 0 aliphatic rings. The maximum absolute atomic E-state index is 12.0. The summed E-state index contributed by atoms with van der Waals surface area (Å²) in [6.45, 7) is 8.37. The molecule has 1 amide bonds. The number of hydrogen-bond donors (Lipinski definition) is 2. The predicted molar refractivity (Wildman–Crippen MR) is 84.2 cm³/mol. The molecule has 1 aromatic carbocycles. The van der Waals surface area contributed by atoms with Gasteiger partial charge in [-0.25, -0.2) is 0 Å². The fraction of sp³-hybridized carbons (Fsp3) is 0.533. The summed E-state index contributed by atoms with van der Waals surface area (Å²) in [6, 6.07) is 5.68. The first kappa shape index (κ1) is 16.2. The van der Waals surface area contributed by atoms with E-state index >= 15 is 0 Å². The minimum atomic E-state index is -0.108. The molecule has 0 saturated carbocycles. The van der Waals surface area contributed by atoms with Crippen LogP contribution in [0.15, 0.2) is 22.7 Å². The van der Waals surface area contributed by atoms with Gasteiger partial charge in [0.05, 0.1) is 5.69 Å². The summed E-state index contributed by atoms with van der Waals surface area (Å²) in [5, 5.41) is 2.90. The van der Waals surface area contributed by atoms with E-state index in [0.717, 1.165) is 22.1 Å². The normalized spacial score (nSPS) is 13.2. The second kappa shape index (κ2) is 6.53. The number of amides is 1. The van der Waals surface area contributed by atoms with Crippen LogP contribution in [-0.4, -0.2) is 11.9 Å². The molecule has 3 nitrogen and oxygen atoms in total. The first-order chi connectivity index (χ1) is 8.69. The van der Waals surface area contributed by atoms with E-state index in [4.69, 9.17) is 5.73 Å². The zero-order valence-corrected chi connectivity index (χ0v) is 13.7. The molecule has 3 N–H and O–H groups in total. The highest BCUT2D eigenvalue weighted by atomic mass is 79.9. The first-order valence-electron chi connectivity index (χ1n) is 6.49. The maximum atomic E-state index is 12.0. The van der Waals surface area contributed by atoms with Gasteiger partial charge < -0.3 is 11.1 Å². The van der Waals surface area contributed by atoms with Crippen molar-refractivity contribution in [3.05, 3.63) is 28.2 Å². The van der Waals surface area contributed by atoms with Crippen molar-refractivity contribution >= 4 is 27.5 Å². The summed E-state index contributed by atoms with van der Waals surface area (Å²) in [5.41, 5.74) is 8.05. The van der Waals surface area contributed by atoms with Crippen LogP contribution in [0.2, 0.25) is 0 Å². The Balaban J connectivity index is 2.58. The van der Waals surface area contributed by atoms with E-state index in [1.54, 1.807) is 0 Å². The maximum Gasteiger partial charge on any atom is 0.225 e. The number of nitrogens with one attached hydrogen (secondary N) is 1. The van der Waals surface area contributed by atoms with Crippen molar-refractivity contribution in [3.8, 4) is 0 Å². The molecule has 0 spiro atoms. The van der Waals surface area contributed by atoms with Gasteiger partial charge in [-0.1, -0.05) is 32.9 Å². The molecule has 0 aliphatic carbocycles. The minimum Gasteiger partial charge on any atom is -0.327 e. The minimum absolute atomic E-state index is 0.0388. The topological polar surface area (TPSA) is 55.1 Å². The summed E-state index contributed by atoms with van der Waals surface area (Å²) < 4.78 is 0.924. The van der Waals surface area contributed by atoms with Gasteiger partial charge in [0.15, 0.2) is 0 Å². The number of carbonyl (C=O) groups excluding carboxylic acids is 1. The Hall–Kier alpha value is -0.870. The van der Waals surface area contributed by atoms with Crippen molar-refractivity contribution in [1.29, 1.82) is 0 Å². The lowest BCUT2D eigenvalue weighted by Gasteiger charge is -2.22.